The molecule has 0 aromatic carbocycles. The van der Waals surface area contributed by atoms with Gasteiger partial charge in [-0.25, -0.2) is 0 Å². The molecule has 0 heterocycles. The van der Waals surface area contributed by atoms with Gasteiger partial charge in [-0.3, -0.25) is 9.59 Å². The lowest BCUT2D eigenvalue weighted by molar-refractivity contribution is -0.119. The van der Waals surface area contributed by atoms with E-state index in [1.807, 2.05) is 0 Å². The normalized spacial score (nSPS) is 11.6. The minimum Gasteiger partial charge on any atom is -0.370 e. The Labute approximate surface area is 120 Å². The SMILES string of the molecule is NC(N)=NC(N)=NC(=O)CCCC(=O)N=C(N)N=C(N)N. The van der Waals surface area contributed by atoms with Crippen LogP contribution < -0.4 is 34.4 Å². The van der Waals surface area contributed by atoms with Crippen molar-refractivity contribution in [1.29, 1.82) is 0 Å². The summed E-state index contributed by atoms with van der Waals surface area (Å²) in [6, 6.07) is 0. The van der Waals surface area contributed by atoms with Crippen LogP contribution in [0.2, 0.25) is 0 Å². The van der Waals surface area contributed by atoms with E-state index in [9.17, 15) is 9.59 Å². The van der Waals surface area contributed by atoms with Crippen molar-refractivity contribution in [2.45, 2.75) is 19.3 Å². The maximum Gasteiger partial charge on any atom is 0.248 e. The molecule has 12 nitrogen and oxygen atoms in total. The molecule has 0 aromatic heterocycles. The first-order valence-corrected chi connectivity index (χ1v) is 5.64. The van der Waals surface area contributed by atoms with Crippen LogP contribution in [0.1, 0.15) is 19.3 Å². The molecule has 0 fully saturated rings. The summed E-state index contributed by atoms with van der Waals surface area (Å²) < 4.78 is 0. The van der Waals surface area contributed by atoms with Crippen LogP contribution >= 0.6 is 0 Å². The third-order valence-electron chi connectivity index (χ3n) is 1.75. The molecule has 0 radical (unpaired) electrons. The Hall–Kier alpha value is -3.18. The van der Waals surface area contributed by atoms with Gasteiger partial charge in [-0.05, 0) is 6.42 Å². The average Bonchev–Trinajstić information content (AvgIpc) is 2.25. The monoisotopic (exact) mass is 298 g/mol. The van der Waals surface area contributed by atoms with E-state index in [1.165, 1.54) is 0 Å². The highest BCUT2D eigenvalue weighted by Crippen LogP contribution is 1.99. The Bertz CT molecular complexity index is 465. The van der Waals surface area contributed by atoms with Crippen molar-refractivity contribution < 1.29 is 9.59 Å². The molecule has 12 heteroatoms. The lowest BCUT2D eigenvalue weighted by atomic mass is 10.2. The van der Waals surface area contributed by atoms with Crippen molar-refractivity contribution in [3.63, 3.8) is 0 Å². The fourth-order valence-corrected chi connectivity index (χ4v) is 1.07. The molecule has 0 aliphatic rings. The van der Waals surface area contributed by atoms with Gasteiger partial charge in [0.25, 0.3) is 0 Å². The first-order valence-electron chi connectivity index (χ1n) is 5.64. The smallest absolute Gasteiger partial charge is 0.248 e. The molecule has 0 unspecified atom stereocenters. The van der Waals surface area contributed by atoms with E-state index in [1.54, 1.807) is 0 Å². The highest BCUT2D eigenvalue weighted by Gasteiger charge is 2.05. The number of carbonyl (C=O) groups is 2. The predicted molar refractivity (Wildman–Crippen MR) is 78.7 cm³/mol. The van der Waals surface area contributed by atoms with Gasteiger partial charge in [0.2, 0.25) is 23.7 Å². The van der Waals surface area contributed by atoms with Crippen LogP contribution in [0.3, 0.4) is 0 Å². The summed E-state index contributed by atoms with van der Waals surface area (Å²) in [4.78, 5) is 36.2. The van der Waals surface area contributed by atoms with Gasteiger partial charge in [-0.2, -0.15) is 20.0 Å². The molecule has 0 atom stereocenters. The maximum absolute atomic E-state index is 11.3. The first kappa shape index (κ1) is 17.8. The second-order valence-electron chi connectivity index (χ2n) is 3.65. The Morgan fingerprint density at radius 3 is 1.24 bits per heavy atom. The van der Waals surface area contributed by atoms with Crippen LogP contribution in [0.15, 0.2) is 20.0 Å². The highest BCUT2D eigenvalue weighted by atomic mass is 16.2. The molecule has 116 valence electrons. The first-order chi connectivity index (χ1) is 9.70. The number of carbonyl (C=O) groups excluding carboxylic acids is 2. The van der Waals surface area contributed by atoms with Gasteiger partial charge >= 0.3 is 0 Å². The molecule has 0 rings (SSSR count). The number of amides is 2. The summed E-state index contributed by atoms with van der Waals surface area (Å²) in [5.41, 5.74) is 30.7. The lowest BCUT2D eigenvalue weighted by Gasteiger charge is -1.97. The van der Waals surface area contributed by atoms with Crippen molar-refractivity contribution in [3.8, 4) is 0 Å². The Balaban J connectivity index is 4.27. The minimum atomic E-state index is -0.577. The number of aliphatic imine (C=N–C) groups is 4. The molecule has 2 amide bonds. The number of guanidine groups is 4. The highest BCUT2D eigenvalue weighted by molar-refractivity contribution is 5.99. The molecular formula is C9H18N10O2. The molecule has 0 aromatic rings. The fourth-order valence-electron chi connectivity index (χ4n) is 1.07. The van der Waals surface area contributed by atoms with Gasteiger partial charge in [0.05, 0.1) is 0 Å². The maximum atomic E-state index is 11.3. The summed E-state index contributed by atoms with van der Waals surface area (Å²) in [6.45, 7) is 0. The quantitative estimate of drug-likeness (QED) is 0.223. The van der Waals surface area contributed by atoms with Crippen LogP contribution in [-0.2, 0) is 9.59 Å². The van der Waals surface area contributed by atoms with E-state index in [-0.39, 0.29) is 43.1 Å². The van der Waals surface area contributed by atoms with Crippen LogP contribution in [0.25, 0.3) is 0 Å². The number of hydrogen-bond donors (Lipinski definition) is 6. The van der Waals surface area contributed by atoms with Gasteiger partial charge in [0.1, 0.15) is 0 Å². The number of hydrogen-bond acceptors (Lipinski definition) is 2. The molecule has 0 aliphatic carbocycles. The van der Waals surface area contributed by atoms with Crippen LogP contribution in [0.4, 0.5) is 0 Å². The summed E-state index contributed by atoms with van der Waals surface area (Å²) in [5, 5.41) is 0. The molecule has 0 saturated heterocycles. The summed E-state index contributed by atoms with van der Waals surface area (Å²) in [6.07, 6.45) is 0.114. The molecule has 21 heavy (non-hydrogen) atoms. The van der Waals surface area contributed by atoms with Crippen molar-refractivity contribution in [3.05, 3.63) is 0 Å². The van der Waals surface area contributed by atoms with Gasteiger partial charge in [-0.1, -0.05) is 0 Å². The largest absolute Gasteiger partial charge is 0.370 e. The van der Waals surface area contributed by atoms with E-state index >= 15 is 0 Å². The Kier molecular flexibility index (Phi) is 7.50. The Morgan fingerprint density at radius 1 is 0.619 bits per heavy atom. The zero-order chi connectivity index (χ0) is 16.4. The third kappa shape index (κ3) is 10.4. The Morgan fingerprint density at radius 2 is 0.952 bits per heavy atom. The summed E-state index contributed by atoms with van der Waals surface area (Å²) >= 11 is 0. The average molecular weight is 298 g/mol. The molecule has 0 saturated carbocycles. The summed E-state index contributed by atoms with van der Waals surface area (Å²) in [5.74, 6) is -2.51. The van der Waals surface area contributed by atoms with Crippen LogP contribution in [0, 0.1) is 0 Å². The van der Waals surface area contributed by atoms with Gasteiger partial charge < -0.3 is 34.4 Å². The van der Waals surface area contributed by atoms with Gasteiger partial charge in [0, 0.05) is 12.8 Å². The second kappa shape index (κ2) is 8.84. The zero-order valence-corrected chi connectivity index (χ0v) is 11.2. The van der Waals surface area contributed by atoms with Crippen molar-refractivity contribution >= 4 is 35.7 Å². The minimum absolute atomic E-state index is 0.0375. The number of rotatable bonds is 4. The van der Waals surface area contributed by atoms with E-state index in [0.717, 1.165) is 0 Å². The van der Waals surface area contributed by atoms with E-state index in [4.69, 9.17) is 34.4 Å². The van der Waals surface area contributed by atoms with Crippen molar-refractivity contribution in [1.82, 2.24) is 0 Å². The standard InChI is InChI=1S/C9H18N10O2/c10-6(11)18-8(14)16-4(20)2-1-3-5(21)17-9(15)19-7(12)13/h1-3H2,(H6,10,11,14,16,18,20)(H6,12,13,15,17,19,21). The van der Waals surface area contributed by atoms with Gasteiger partial charge in [0.15, 0.2) is 11.9 Å². The lowest BCUT2D eigenvalue weighted by Crippen LogP contribution is -2.27. The van der Waals surface area contributed by atoms with Crippen molar-refractivity contribution in [2.24, 2.45) is 54.4 Å². The topological polar surface area (TPSA) is 240 Å². The number of nitrogens with zero attached hydrogens (tertiary/aromatic N) is 4. The van der Waals surface area contributed by atoms with E-state index < -0.39 is 11.8 Å². The van der Waals surface area contributed by atoms with E-state index in [0.29, 0.717) is 0 Å². The zero-order valence-electron chi connectivity index (χ0n) is 11.2. The van der Waals surface area contributed by atoms with Crippen molar-refractivity contribution in [2.75, 3.05) is 0 Å². The molecule has 0 bridgehead atoms. The second-order valence-corrected chi connectivity index (χ2v) is 3.65. The fraction of sp³-hybridized carbons (Fsp3) is 0.333. The van der Waals surface area contributed by atoms with Crippen LogP contribution in [0.5, 0.6) is 0 Å². The number of nitrogens with two attached hydrogens (primary N) is 6. The van der Waals surface area contributed by atoms with Gasteiger partial charge in [-0.15, -0.1) is 0 Å². The summed E-state index contributed by atoms with van der Waals surface area (Å²) in [7, 11) is 0. The third-order valence-corrected chi connectivity index (χ3v) is 1.75. The molecule has 0 aliphatic heterocycles. The molecule has 0 spiro atoms. The predicted octanol–water partition coefficient (Wildman–Crippen LogP) is -3.61. The molecular weight excluding hydrogens is 280 g/mol. The van der Waals surface area contributed by atoms with Crippen LogP contribution in [-0.4, -0.2) is 35.7 Å². The molecule has 12 N–H and O–H groups in total. The van der Waals surface area contributed by atoms with E-state index in [2.05, 4.69) is 20.0 Å².